The van der Waals surface area contributed by atoms with Crippen LogP contribution in [0.15, 0.2) is 18.2 Å². The Balaban J connectivity index is 1.45. The van der Waals surface area contributed by atoms with Crippen LogP contribution in [0.25, 0.3) is 0 Å². The summed E-state index contributed by atoms with van der Waals surface area (Å²) >= 11 is 1.46. The summed E-state index contributed by atoms with van der Waals surface area (Å²) in [7, 11) is 0. The Morgan fingerprint density at radius 3 is 2.55 bits per heavy atom. The summed E-state index contributed by atoms with van der Waals surface area (Å²) in [6.45, 7) is 7.15. The van der Waals surface area contributed by atoms with E-state index in [1.54, 1.807) is 6.07 Å². The number of aryl methyl sites for hydroxylation is 2. The van der Waals surface area contributed by atoms with Gasteiger partial charge in [0.05, 0.1) is 37.8 Å². The highest BCUT2D eigenvalue weighted by molar-refractivity contribution is 7.14. The van der Waals surface area contributed by atoms with Crippen molar-refractivity contribution in [2.45, 2.75) is 33.1 Å². The van der Waals surface area contributed by atoms with Gasteiger partial charge in [-0.1, -0.05) is 0 Å². The third-order valence-electron chi connectivity index (χ3n) is 5.57. The van der Waals surface area contributed by atoms with Crippen molar-refractivity contribution >= 4 is 34.6 Å². The molecule has 1 aliphatic heterocycles. The molecular weight excluding hydrogens is 444 g/mol. The molecule has 2 aliphatic rings. The second-order valence-electron chi connectivity index (χ2n) is 7.82. The molecule has 1 amide bonds. The minimum absolute atomic E-state index is 0.373. The highest BCUT2D eigenvalue weighted by Crippen LogP contribution is 2.39. The number of esters is 1. The van der Waals surface area contributed by atoms with Crippen molar-refractivity contribution in [1.29, 1.82) is 0 Å². The van der Waals surface area contributed by atoms with Crippen molar-refractivity contribution in [2.75, 3.05) is 56.3 Å². The van der Waals surface area contributed by atoms with Gasteiger partial charge in [0.25, 0.3) is 5.91 Å². The fraction of sp³-hybridized carbons (Fsp3) is 0.500. The Bertz CT molecular complexity index is 978. The molecule has 8 nitrogen and oxygen atoms in total. The van der Waals surface area contributed by atoms with Crippen LogP contribution in [0.1, 0.15) is 40.4 Å². The zero-order chi connectivity index (χ0) is 23.2. The molecule has 1 fully saturated rings. The lowest BCUT2D eigenvalue weighted by molar-refractivity contribution is -0.119. The molecule has 0 saturated carbocycles. The minimum atomic E-state index is -0.466. The van der Waals surface area contributed by atoms with Gasteiger partial charge in [-0.25, -0.2) is 4.79 Å². The Hall–Kier alpha value is -2.78. The van der Waals surface area contributed by atoms with Crippen molar-refractivity contribution in [2.24, 2.45) is 0 Å². The standard InChI is InChI=1S/C24H30N2O6S/c1-3-30-19-14-18(26-8-10-29-11-9-26)20(31-4-2)13-17(19)25-23(27)15-32-24(28)22-12-16-6-5-7-21(16)33-22/h12-14H,3-11,15H2,1-2H3,(H,25,27). The summed E-state index contributed by atoms with van der Waals surface area (Å²) in [5, 5.41) is 2.81. The predicted molar refractivity (Wildman–Crippen MR) is 127 cm³/mol. The summed E-state index contributed by atoms with van der Waals surface area (Å²) in [4.78, 5) is 29.0. The van der Waals surface area contributed by atoms with Gasteiger partial charge in [-0.2, -0.15) is 0 Å². The van der Waals surface area contributed by atoms with E-state index in [-0.39, 0.29) is 6.61 Å². The van der Waals surface area contributed by atoms with E-state index in [0.717, 1.165) is 38.0 Å². The number of fused-ring (bicyclic) bond motifs is 1. The number of benzene rings is 1. The van der Waals surface area contributed by atoms with E-state index in [1.807, 2.05) is 26.0 Å². The van der Waals surface area contributed by atoms with E-state index in [0.29, 0.717) is 48.5 Å². The summed E-state index contributed by atoms with van der Waals surface area (Å²) in [6.07, 6.45) is 3.15. The number of carbonyl (C=O) groups is 2. The number of nitrogens with zero attached hydrogens (tertiary/aromatic N) is 1. The van der Waals surface area contributed by atoms with E-state index < -0.39 is 11.9 Å². The summed E-state index contributed by atoms with van der Waals surface area (Å²) in [5.74, 6) is 0.294. The van der Waals surface area contributed by atoms with Crippen LogP contribution in [0.3, 0.4) is 0 Å². The Morgan fingerprint density at radius 2 is 1.82 bits per heavy atom. The molecule has 0 unspecified atom stereocenters. The fourth-order valence-corrected chi connectivity index (χ4v) is 5.21. The van der Waals surface area contributed by atoms with Gasteiger partial charge in [0, 0.05) is 30.1 Å². The first-order valence-corrected chi connectivity index (χ1v) is 12.3. The third kappa shape index (κ3) is 5.59. The highest BCUT2D eigenvalue weighted by atomic mass is 32.1. The summed E-state index contributed by atoms with van der Waals surface area (Å²) < 4.78 is 22.4. The predicted octanol–water partition coefficient (Wildman–Crippen LogP) is 3.67. The smallest absolute Gasteiger partial charge is 0.348 e. The Morgan fingerprint density at radius 1 is 1.06 bits per heavy atom. The van der Waals surface area contributed by atoms with Gasteiger partial charge in [0.15, 0.2) is 6.61 Å². The van der Waals surface area contributed by atoms with E-state index in [1.165, 1.54) is 21.8 Å². The molecule has 1 saturated heterocycles. The van der Waals surface area contributed by atoms with Crippen LogP contribution in [0.5, 0.6) is 11.5 Å². The number of hydrogen-bond donors (Lipinski definition) is 1. The first-order valence-electron chi connectivity index (χ1n) is 11.4. The minimum Gasteiger partial charge on any atom is -0.492 e. The number of rotatable bonds is 9. The van der Waals surface area contributed by atoms with E-state index in [4.69, 9.17) is 18.9 Å². The molecule has 1 aromatic carbocycles. The van der Waals surface area contributed by atoms with Gasteiger partial charge in [-0.3, -0.25) is 4.79 Å². The fourth-order valence-electron chi connectivity index (χ4n) is 4.06. The van der Waals surface area contributed by atoms with Crippen molar-refractivity contribution in [3.05, 3.63) is 33.5 Å². The van der Waals surface area contributed by atoms with Gasteiger partial charge >= 0.3 is 5.97 Å². The van der Waals surface area contributed by atoms with Gasteiger partial charge in [0.1, 0.15) is 16.4 Å². The maximum absolute atomic E-state index is 12.6. The summed E-state index contributed by atoms with van der Waals surface area (Å²) in [5.41, 5.74) is 2.61. The molecule has 0 radical (unpaired) electrons. The number of ether oxygens (including phenoxy) is 4. The molecule has 0 bridgehead atoms. The second-order valence-corrected chi connectivity index (χ2v) is 8.96. The van der Waals surface area contributed by atoms with E-state index >= 15 is 0 Å². The Kier molecular flexibility index (Phi) is 7.72. The lowest BCUT2D eigenvalue weighted by Crippen LogP contribution is -2.36. The molecule has 0 atom stereocenters. The average Bonchev–Trinajstić information content (AvgIpc) is 3.43. The molecule has 178 valence electrons. The van der Waals surface area contributed by atoms with Crippen LogP contribution in [-0.4, -0.2) is 58.0 Å². The molecule has 33 heavy (non-hydrogen) atoms. The van der Waals surface area contributed by atoms with Crippen molar-refractivity contribution in [3.63, 3.8) is 0 Å². The van der Waals surface area contributed by atoms with E-state index in [9.17, 15) is 9.59 Å². The van der Waals surface area contributed by atoms with Gasteiger partial charge in [-0.05, 0) is 44.7 Å². The highest BCUT2D eigenvalue weighted by Gasteiger charge is 2.22. The molecule has 4 rings (SSSR count). The SMILES string of the molecule is CCOc1cc(N2CCOCC2)c(OCC)cc1NC(=O)COC(=O)c1cc2c(s1)CCC2. The molecule has 2 aromatic rings. The zero-order valence-electron chi connectivity index (χ0n) is 19.1. The molecule has 1 N–H and O–H groups in total. The number of carbonyl (C=O) groups excluding carboxylic acids is 2. The van der Waals surface area contributed by atoms with Crippen molar-refractivity contribution in [1.82, 2.24) is 0 Å². The molecular formula is C24H30N2O6S. The van der Waals surface area contributed by atoms with Crippen LogP contribution < -0.4 is 19.7 Å². The van der Waals surface area contributed by atoms with Crippen LogP contribution in [0.2, 0.25) is 0 Å². The summed E-state index contributed by atoms with van der Waals surface area (Å²) in [6, 6.07) is 5.54. The normalized spacial score (nSPS) is 15.2. The number of amides is 1. The zero-order valence-corrected chi connectivity index (χ0v) is 19.9. The molecule has 9 heteroatoms. The number of morpholine rings is 1. The topological polar surface area (TPSA) is 86.3 Å². The first-order chi connectivity index (χ1) is 16.1. The maximum atomic E-state index is 12.6. The van der Waals surface area contributed by atoms with Gasteiger partial charge in [0.2, 0.25) is 0 Å². The number of hydrogen-bond acceptors (Lipinski definition) is 8. The monoisotopic (exact) mass is 474 g/mol. The van der Waals surface area contributed by atoms with Crippen molar-refractivity contribution < 1.29 is 28.5 Å². The lowest BCUT2D eigenvalue weighted by atomic mass is 10.2. The van der Waals surface area contributed by atoms with Crippen LogP contribution >= 0.6 is 11.3 Å². The average molecular weight is 475 g/mol. The van der Waals surface area contributed by atoms with Crippen molar-refractivity contribution in [3.8, 4) is 11.5 Å². The van der Waals surface area contributed by atoms with Gasteiger partial charge in [-0.15, -0.1) is 11.3 Å². The molecule has 1 aliphatic carbocycles. The molecule has 0 spiro atoms. The number of nitrogens with one attached hydrogen (secondary N) is 1. The quantitative estimate of drug-likeness (QED) is 0.555. The second kappa shape index (κ2) is 10.9. The Labute approximate surface area is 197 Å². The van der Waals surface area contributed by atoms with E-state index in [2.05, 4.69) is 10.2 Å². The third-order valence-corrected chi connectivity index (χ3v) is 6.79. The van der Waals surface area contributed by atoms with Gasteiger partial charge < -0.3 is 29.2 Å². The van der Waals surface area contributed by atoms with Crippen LogP contribution in [0, 0.1) is 0 Å². The lowest BCUT2D eigenvalue weighted by Gasteiger charge is -2.31. The maximum Gasteiger partial charge on any atom is 0.348 e. The first kappa shape index (κ1) is 23.4. The number of thiophene rings is 1. The largest absolute Gasteiger partial charge is 0.492 e. The van der Waals surface area contributed by atoms with Crippen LogP contribution in [0.4, 0.5) is 11.4 Å². The number of anilines is 2. The van der Waals surface area contributed by atoms with Crippen LogP contribution in [-0.2, 0) is 27.1 Å². The molecule has 1 aromatic heterocycles. The molecule has 2 heterocycles.